The van der Waals surface area contributed by atoms with Crippen molar-refractivity contribution in [3.05, 3.63) is 90.6 Å². The Hall–Kier alpha value is -3.39. The molecule has 0 aliphatic heterocycles. The van der Waals surface area contributed by atoms with Crippen LogP contribution in [0.4, 0.5) is 5.69 Å². The summed E-state index contributed by atoms with van der Waals surface area (Å²) in [5.74, 6) is -2.33. The normalized spacial score (nSPS) is 10.2. The second-order valence-electron chi connectivity index (χ2n) is 6.49. The first kappa shape index (κ1) is 22.3. The zero-order chi connectivity index (χ0) is 21.1. The summed E-state index contributed by atoms with van der Waals surface area (Å²) in [4.78, 5) is 28.4. The fourth-order valence-electron chi connectivity index (χ4n) is 3.05. The minimum Gasteiger partial charge on any atom is -0.545 e. The van der Waals surface area contributed by atoms with Crippen molar-refractivity contribution < 1.29 is 53.8 Å². The first-order valence-electron chi connectivity index (χ1n) is 8.95. The van der Waals surface area contributed by atoms with E-state index in [1.165, 1.54) is 36.8 Å². The topological polar surface area (TPSA) is 115 Å². The predicted molar refractivity (Wildman–Crippen MR) is 108 cm³/mol. The Morgan fingerprint density at radius 2 is 1.71 bits per heavy atom. The van der Waals surface area contributed by atoms with Gasteiger partial charge in [-0.3, -0.25) is 9.78 Å². The van der Waals surface area contributed by atoms with Crippen molar-refractivity contribution in [3.8, 4) is 28.0 Å². The molecule has 0 aliphatic carbocycles. The minimum atomic E-state index is -1.43. The summed E-state index contributed by atoms with van der Waals surface area (Å²) in [5, 5.41) is 24.3. The van der Waals surface area contributed by atoms with Crippen LogP contribution in [-0.4, -0.2) is 22.0 Å². The molecular weight excluding hydrogens is 407 g/mol. The summed E-state index contributed by atoms with van der Waals surface area (Å²) in [6.07, 6.45) is 6.26. The van der Waals surface area contributed by atoms with E-state index in [0.29, 0.717) is 11.1 Å². The van der Waals surface area contributed by atoms with Crippen molar-refractivity contribution in [3.63, 3.8) is 0 Å². The molecule has 0 bridgehead atoms. The maximum atomic E-state index is 12.9. The maximum absolute atomic E-state index is 12.9. The van der Waals surface area contributed by atoms with Gasteiger partial charge in [-0.25, -0.2) is 0 Å². The standard InChI is InChI=1S/C23H16N2O5.Na/c26-21-6-4-14(16-2-1-8-24-12-16)10-19(21)22(27)25-20-11-15(17-7-9-30-13-17)3-5-18(20)23(28)29;/h1-13,26H,(H,25,27)(H,28,29);/q;+1/p-1. The maximum Gasteiger partial charge on any atom is 1.00 e. The molecule has 0 radical (unpaired) electrons. The Kier molecular flexibility index (Phi) is 6.91. The van der Waals surface area contributed by atoms with Crippen molar-refractivity contribution in [2.24, 2.45) is 0 Å². The second kappa shape index (κ2) is 9.61. The van der Waals surface area contributed by atoms with Crippen LogP contribution in [0.3, 0.4) is 0 Å². The van der Waals surface area contributed by atoms with Crippen LogP contribution in [0, 0.1) is 0 Å². The predicted octanol–water partition coefficient (Wildman–Crippen LogP) is 0.334. The molecule has 4 aromatic rings. The van der Waals surface area contributed by atoms with Crippen molar-refractivity contribution in [1.82, 2.24) is 4.98 Å². The summed E-state index contributed by atoms with van der Waals surface area (Å²) in [6.45, 7) is 0. The van der Waals surface area contributed by atoms with Gasteiger partial charge in [0.2, 0.25) is 0 Å². The number of aromatic nitrogens is 1. The molecule has 2 aromatic heterocycles. The number of carbonyl (C=O) groups excluding carboxylic acids is 2. The zero-order valence-corrected chi connectivity index (χ0v) is 18.5. The molecule has 2 N–H and O–H groups in total. The molecule has 1 amide bonds. The number of pyridine rings is 1. The van der Waals surface area contributed by atoms with Gasteiger partial charge in [-0.15, -0.1) is 0 Å². The van der Waals surface area contributed by atoms with E-state index in [2.05, 4.69) is 10.3 Å². The van der Waals surface area contributed by atoms with Gasteiger partial charge >= 0.3 is 29.6 Å². The number of amides is 1. The molecular formula is C23H15N2NaO5. The fourth-order valence-corrected chi connectivity index (χ4v) is 3.05. The number of hydrogen-bond acceptors (Lipinski definition) is 6. The molecule has 0 aliphatic rings. The van der Waals surface area contributed by atoms with Crippen LogP contribution in [0.15, 0.2) is 83.9 Å². The van der Waals surface area contributed by atoms with E-state index in [9.17, 15) is 19.8 Å². The number of benzene rings is 2. The van der Waals surface area contributed by atoms with Crippen LogP contribution in [0.1, 0.15) is 20.7 Å². The average molecular weight is 422 g/mol. The van der Waals surface area contributed by atoms with Gasteiger partial charge in [0, 0.05) is 29.1 Å². The number of carboxylic acid groups (broad SMARTS) is 1. The molecule has 0 atom stereocenters. The molecule has 2 heterocycles. The Morgan fingerprint density at radius 3 is 2.39 bits per heavy atom. The first-order valence-corrected chi connectivity index (χ1v) is 8.95. The van der Waals surface area contributed by atoms with E-state index < -0.39 is 11.9 Å². The van der Waals surface area contributed by atoms with E-state index in [1.807, 2.05) is 6.07 Å². The monoisotopic (exact) mass is 422 g/mol. The van der Waals surface area contributed by atoms with Crippen LogP contribution in [-0.2, 0) is 0 Å². The number of aromatic carboxylic acids is 1. The molecule has 0 spiro atoms. The number of anilines is 1. The van der Waals surface area contributed by atoms with Crippen molar-refractivity contribution >= 4 is 17.6 Å². The fraction of sp³-hybridized carbons (Fsp3) is 0. The number of phenols is 1. The van der Waals surface area contributed by atoms with Gasteiger partial charge in [-0.1, -0.05) is 24.3 Å². The third-order valence-electron chi connectivity index (χ3n) is 4.58. The van der Waals surface area contributed by atoms with Gasteiger partial charge in [-0.2, -0.15) is 0 Å². The Morgan fingerprint density at radius 1 is 0.935 bits per heavy atom. The van der Waals surface area contributed by atoms with Crippen molar-refractivity contribution in [2.75, 3.05) is 5.32 Å². The molecule has 2 aromatic carbocycles. The summed E-state index contributed by atoms with van der Waals surface area (Å²) >= 11 is 0. The molecule has 8 heteroatoms. The third kappa shape index (κ3) is 4.86. The number of hydrogen-bond donors (Lipinski definition) is 2. The van der Waals surface area contributed by atoms with Gasteiger partial charge in [0.1, 0.15) is 5.75 Å². The van der Waals surface area contributed by atoms with Gasteiger partial charge in [0.05, 0.1) is 29.7 Å². The molecule has 0 unspecified atom stereocenters. The molecule has 31 heavy (non-hydrogen) atoms. The van der Waals surface area contributed by atoms with E-state index in [4.69, 9.17) is 4.42 Å². The van der Waals surface area contributed by atoms with Gasteiger partial charge < -0.3 is 24.7 Å². The minimum absolute atomic E-state index is 0. The van der Waals surface area contributed by atoms with Crippen LogP contribution in [0.25, 0.3) is 22.3 Å². The summed E-state index contributed by atoms with van der Waals surface area (Å²) in [7, 11) is 0. The molecule has 0 fully saturated rings. The molecule has 4 rings (SSSR count). The second-order valence-corrected chi connectivity index (χ2v) is 6.49. The number of nitrogens with zero attached hydrogens (tertiary/aromatic N) is 1. The van der Waals surface area contributed by atoms with Crippen LogP contribution < -0.4 is 40.0 Å². The molecule has 148 valence electrons. The summed E-state index contributed by atoms with van der Waals surface area (Å²) in [6, 6.07) is 14.3. The van der Waals surface area contributed by atoms with Gasteiger partial charge in [0.25, 0.3) is 5.91 Å². The number of furan rings is 1. The molecule has 0 saturated heterocycles. The number of phenolic OH excluding ortho intramolecular Hbond substituents is 1. The largest absolute Gasteiger partial charge is 1.00 e. The van der Waals surface area contributed by atoms with E-state index in [1.54, 1.807) is 36.7 Å². The summed E-state index contributed by atoms with van der Waals surface area (Å²) in [5.41, 5.74) is 2.68. The Bertz CT molecular complexity index is 1220. The van der Waals surface area contributed by atoms with E-state index in [-0.39, 0.29) is 52.1 Å². The van der Waals surface area contributed by atoms with Gasteiger partial charge in [-0.05, 0) is 41.5 Å². The Balaban J connectivity index is 0.00000272. The number of carboxylic acids is 1. The van der Waals surface area contributed by atoms with Crippen LogP contribution >= 0.6 is 0 Å². The number of rotatable bonds is 5. The van der Waals surface area contributed by atoms with Crippen molar-refractivity contribution in [1.29, 1.82) is 0 Å². The first-order chi connectivity index (χ1) is 14.5. The number of nitrogens with one attached hydrogen (secondary N) is 1. The van der Waals surface area contributed by atoms with Crippen LogP contribution in [0.2, 0.25) is 0 Å². The number of aromatic hydroxyl groups is 1. The number of carbonyl (C=O) groups is 2. The molecule has 7 nitrogen and oxygen atoms in total. The Labute approximate surface area is 199 Å². The van der Waals surface area contributed by atoms with E-state index in [0.717, 1.165) is 11.1 Å². The molecule has 0 saturated carbocycles. The average Bonchev–Trinajstić information content (AvgIpc) is 3.29. The van der Waals surface area contributed by atoms with Crippen molar-refractivity contribution in [2.45, 2.75) is 0 Å². The van der Waals surface area contributed by atoms with Gasteiger partial charge in [0.15, 0.2) is 0 Å². The smallest absolute Gasteiger partial charge is 0.545 e. The third-order valence-corrected chi connectivity index (χ3v) is 4.58. The van der Waals surface area contributed by atoms with E-state index >= 15 is 0 Å². The quantitative estimate of drug-likeness (QED) is 0.448. The SMILES string of the molecule is O=C(Nc1cc(-c2ccoc2)ccc1C(=O)[O-])c1cc(-c2cccnc2)ccc1O.[Na+]. The zero-order valence-electron chi connectivity index (χ0n) is 16.5. The van der Waals surface area contributed by atoms with Crippen LogP contribution in [0.5, 0.6) is 5.75 Å². The summed E-state index contributed by atoms with van der Waals surface area (Å²) < 4.78 is 5.05.